The van der Waals surface area contributed by atoms with Crippen LogP contribution in [0.1, 0.15) is 11.1 Å². The van der Waals surface area contributed by atoms with Gasteiger partial charge >= 0.3 is 6.03 Å². The van der Waals surface area contributed by atoms with Gasteiger partial charge < -0.3 is 20.5 Å². The van der Waals surface area contributed by atoms with Crippen molar-refractivity contribution in [2.45, 2.75) is 6.54 Å². The van der Waals surface area contributed by atoms with E-state index in [2.05, 4.69) is 16.6 Å². The van der Waals surface area contributed by atoms with Gasteiger partial charge in [0.2, 0.25) is 0 Å². The Balaban J connectivity index is 1.93. The van der Waals surface area contributed by atoms with Gasteiger partial charge in [-0.15, -0.1) is 6.42 Å². The number of benzene rings is 2. The van der Waals surface area contributed by atoms with Gasteiger partial charge in [-0.2, -0.15) is 0 Å². The maximum Gasteiger partial charge on any atom is 0.319 e. The molecule has 0 unspecified atom stereocenters. The maximum atomic E-state index is 12.0. The van der Waals surface area contributed by atoms with Crippen molar-refractivity contribution in [3.8, 4) is 18.1 Å². The van der Waals surface area contributed by atoms with Crippen molar-refractivity contribution >= 4 is 11.7 Å². The molecule has 3 N–H and O–H groups in total. The van der Waals surface area contributed by atoms with E-state index < -0.39 is 0 Å². The van der Waals surface area contributed by atoms with Gasteiger partial charge in [-0.05, 0) is 24.3 Å². The minimum absolute atomic E-state index is 0.0617. The van der Waals surface area contributed by atoms with Crippen LogP contribution in [0.4, 0.5) is 10.5 Å². The molecule has 118 valence electrons. The van der Waals surface area contributed by atoms with Gasteiger partial charge in [-0.1, -0.05) is 30.2 Å². The molecule has 0 aromatic heterocycles. The minimum Gasteiger partial charge on any atom is -0.491 e. The number of aliphatic hydroxyl groups is 1. The van der Waals surface area contributed by atoms with Crippen LogP contribution in [0.3, 0.4) is 0 Å². The van der Waals surface area contributed by atoms with Gasteiger partial charge in [-0.3, -0.25) is 0 Å². The molecular formula is C18H18N2O3. The molecule has 0 heterocycles. The predicted molar refractivity (Wildman–Crippen MR) is 89.3 cm³/mol. The number of hydrogen-bond acceptors (Lipinski definition) is 3. The van der Waals surface area contributed by atoms with Crippen molar-refractivity contribution in [3.05, 3.63) is 59.7 Å². The third-order valence-corrected chi connectivity index (χ3v) is 3.05. The number of carbonyl (C=O) groups is 1. The van der Waals surface area contributed by atoms with E-state index in [1.807, 2.05) is 18.2 Å². The molecule has 5 heteroatoms. The van der Waals surface area contributed by atoms with Crippen molar-refractivity contribution in [1.29, 1.82) is 0 Å². The third kappa shape index (κ3) is 5.06. The molecule has 0 bridgehead atoms. The molecule has 2 rings (SSSR count). The molecule has 5 nitrogen and oxygen atoms in total. The number of amides is 2. The summed E-state index contributed by atoms with van der Waals surface area (Å²) in [5.74, 6) is 3.15. The van der Waals surface area contributed by atoms with Crippen molar-refractivity contribution in [1.82, 2.24) is 5.32 Å². The summed E-state index contributed by atoms with van der Waals surface area (Å²) in [6.07, 6.45) is 5.33. The van der Waals surface area contributed by atoms with Crippen LogP contribution in [0.25, 0.3) is 0 Å². The molecule has 2 aromatic carbocycles. The molecule has 0 spiro atoms. The molecule has 2 aromatic rings. The number of para-hydroxylation sites is 1. The van der Waals surface area contributed by atoms with E-state index >= 15 is 0 Å². The molecule has 23 heavy (non-hydrogen) atoms. The fourth-order valence-electron chi connectivity index (χ4n) is 1.98. The predicted octanol–water partition coefficient (Wildman–Crippen LogP) is 2.36. The Morgan fingerprint density at radius 2 is 2.04 bits per heavy atom. The quantitative estimate of drug-likeness (QED) is 0.717. The molecule has 0 saturated heterocycles. The first-order chi connectivity index (χ1) is 11.2. The van der Waals surface area contributed by atoms with Gasteiger partial charge in [0.15, 0.2) is 0 Å². The van der Waals surface area contributed by atoms with Gasteiger partial charge in [0, 0.05) is 23.4 Å². The highest BCUT2D eigenvalue weighted by molar-refractivity contribution is 5.89. The van der Waals surface area contributed by atoms with E-state index in [1.54, 1.807) is 30.3 Å². The normalized spacial score (nSPS) is 9.74. The van der Waals surface area contributed by atoms with Crippen LogP contribution in [0.15, 0.2) is 48.5 Å². The fraction of sp³-hybridized carbons (Fsp3) is 0.167. The Bertz CT molecular complexity index is 707. The topological polar surface area (TPSA) is 70.6 Å². The Hall–Kier alpha value is -2.97. The van der Waals surface area contributed by atoms with Crippen molar-refractivity contribution in [2.75, 3.05) is 18.5 Å². The first-order valence-corrected chi connectivity index (χ1v) is 7.16. The largest absolute Gasteiger partial charge is 0.491 e. The molecule has 0 radical (unpaired) electrons. The maximum absolute atomic E-state index is 12.0. The van der Waals surface area contributed by atoms with Crippen LogP contribution in [0.5, 0.6) is 5.75 Å². The molecule has 0 aliphatic heterocycles. The summed E-state index contributed by atoms with van der Waals surface area (Å²) in [7, 11) is 0. The highest BCUT2D eigenvalue weighted by Gasteiger charge is 2.06. The highest BCUT2D eigenvalue weighted by atomic mass is 16.5. The monoisotopic (exact) mass is 310 g/mol. The van der Waals surface area contributed by atoms with Crippen molar-refractivity contribution < 1.29 is 14.6 Å². The number of carbonyl (C=O) groups excluding carboxylic acids is 1. The van der Waals surface area contributed by atoms with Gasteiger partial charge in [-0.25, -0.2) is 4.79 Å². The van der Waals surface area contributed by atoms with Gasteiger partial charge in [0.05, 0.1) is 6.61 Å². The SMILES string of the molecule is C#Cc1cccc(NC(=O)NCc2ccccc2OCCO)c1. The number of ether oxygens (including phenoxy) is 1. The molecular weight excluding hydrogens is 292 g/mol. The smallest absolute Gasteiger partial charge is 0.319 e. The summed E-state index contributed by atoms with van der Waals surface area (Å²) >= 11 is 0. The van der Waals surface area contributed by atoms with Crippen LogP contribution in [-0.2, 0) is 6.54 Å². The average Bonchev–Trinajstić information content (AvgIpc) is 2.59. The van der Waals surface area contributed by atoms with Crippen LogP contribution in [-0.4, -0.2) is 24.4 Å². The first-order valence-electron chi connectivity index (χ1n) is 7.16. The van der Waals surface area contributed by atoms with E-state index in [1.165, 1.54) is 0 Å². The van der Waals surface area contributed by atoms with Crippen LogP contribution in [0, 0.1) is 12.3 Å². The lowest BCUT2D eigenvalue weighted by molar-refractivity contribution is 0.200. The van der Waals surface area contributed by atoms with Gasteiger partial charge in [0.25, 0.3) is 0 Å². The minimum atomic E-state index is -0.337. The second-order valence-electron chi connectivity index (χ2n) is 4.71. The van der Waals surface area contributed by atoms with E-state index in [9.17, 15) is 4.79 Å². The van der Waals surface area contributed by atoms with E-state index in [4.69, 9.17) is 16.3 Å². The lowest BCUT2D eigenvalue weighted by Gasteiger charge is -2.12. The zero-order valence-electron chi connectivity index (χ0n) is 12.6. The Kier molecular flexibility index (Phi) is 6.04. The zero-order chi connectivity index (χ0) is 16.5. The third-order valence-electron chi connectivity index (χ3n) is 3.05. The van der Waals surface area contributed by atoms with Crippen LogP contribution in [0.2, 0.25) is 0 Å². The molecule has 0 fully saturated rings. The van der Waals surface area contributed by atoms with Gasteiger partial charge in [0.1, 0.15) is 12.4 Å². The van der Waals surface area contributed by atoms with Crippen molar-refractivity contribution in [3.63, 3.8) is 0 Å². The summed E-state index contributed by atoms with van der Waals surface area (Å²) in [6, 6.07) is 14.1. The van der Waals surface area contributed by atoms with Crippen LogP contribution < -0.4 is 15.4 Å². The fourth-order valence-corrected chi connectivity index (χ4v) is 1.98. The average molecular weight is 310 g/mol. The Morgan fingerprint density at radius 3 is 2.83 bits per heavy atom. The van der Waals surface area contributed by atoms with E-state index in [-0.39, 0.29) is 19.2 Å². The summed E-state index contributed by atoms with van der Waals surface area (Å²) in [5.41, 5.74) is 2.15. The molecule has 0 atom stereocenters. The molecule has 0 aliphatic rings. The second-order valence-corrected chi connectivity index (χ2v) is 4.71. The highest BCUT2D eigenvalue weighted by Crippen LogP contribution is 2.17. The molecule has 0 aliphatic carbocycles. The Labute approximate surface area is 135 Å². The number of rotatable bonds is 6. The lowest BCUT2D eigenvalue weighted by atomic mass is 10.2. The number of anilines is 1. The Morgan fingerprint density at radius 1 is 1.22 bits per heavy atom. The number of nitrogens with one attached hydrogen (secondary N) is 2. The molecule has 0 saturated carbocycles. The summed E-state index contributed by atoms with van der Waals surface area (Å²) in [6.45, 7) is 0.456. The molecule has 2 amide bonds. The summed E-state index contributed by atoms with van der Waals surface area (Å²) in [5, 5.41) is 14.3. The number of aliphatic hydroxyl groups excluding tert-OH is 1. The van der Waals surface area contributed by atoms with E-state index in [0.29, 0.717) is 23.5 Å². The van der Waals surface area contributed by atoms with Crippen molar-refractivity contribution in [2.24, 2.45) is 0 Å². The second kappa shape index (κ2) is 8.47. The van der Waals surface area contributed by atoms with Crippen LogP contribution >= 0.6 is 0 Å². The number of hydrogen-bond donors (Lipinski definition) is 3. The first kappa shape index (κ1) is 16.4. The zero-order valence-corrected chi connectivity index (χ0v) is 12.6. The standard InChI is InChI=1S/C18H18N2O3/c1-2-14-6-5-8-16(12-14)20-18(22)19-13-15-7-3-4-9-17(15)23-11-10-21/h1,3-9,12,21H,10-11,13H2,(H2,19,20,22). The summed E-state index contributed by atoms with van der Waals surface area (Å²) < 4.78 is 5.42. The summed E-state index contributed by atoms with van der Waals surface area (Å²) in [4.78, 5) is 12.0. The number of terminal acetylenes is 1. The number of urea groups is 1. The van der Waals surface area contributed by atoms with E-state index in [0.717, 1.165) is 5.56 Å². The lowest BCUT2D eigenvalue weighted by Crippen LogP contribution is -2.28.